The summed E-state index contributed by atoms with van der Waals surface area (Å²) >= 11 is 0. The molecule has 1 aliphatic heterocycles. The van der Waals surface area contributed by atoms with Gasteiger partial charge < -0.3 is 20.1 Å². The average Bonchev–Trinajstić information content (AvgIpc) is 2.93. The molecule has 1 aromatic heterocycles. The van der Waals surface area contributed by atoms with E-state index < -0.39 is 5.60 Å². The summed E-state index contributed by atoms with van der Waals surface area (Å²) in [5.41, 5.74) is -0.0547. The number of carbonyl (C=O) groups is 1. The molecule has 1 amide bonds. The summed E-state index contributed by atoms with van der Waals surface area (Å²) in [6.07, 6.45) is 4.78. The Balaban J connectivity index is 0.00000220. The Morgan fingerprint density at radius 1 is 1.48 bits per heavy atom. The van der Waals surface area contributed by atoms with E-state index in [1.807, 2.05) is 0 Å². The van der Waals surface area contributed by atoms with Crippen molar-refractivity contribution in [1.29, 1.82) is 0 Å². The topological polar surface area (TPSA) is 77.4 Å². The van der Waals surface area contributed by atoms with Crippen LogP contribution in [0.4, 0.5) is 5.69 Å². The molecular formula is C13H23ClN4O3. The van der Waals surface area contributed by atoms with Gasteiger partial charge in [-0.15, -0.1) is 12.4 Å². The second-order valence-electron chi connectivity index (χ2n) is 4.89. The molecule has 1 aliphatic rings. The van der Waals surface area contributed by atoms with E-state index in [0.29, 0.717) is 31.7 Å². The number of rotatable bonds is 6. The molecule has 0 unspecified atom stereocenters. The highest BCUT2D eigenvalue weighted by Gasteiger charge is 2.39. The number of carbonyl (C=O) groups excluding carboxylic acids is 1. The summed E-state index contributed by atoms with van der Waals surface area (Å²) in [5, 5.41) is 10.3. The van der Waals surface area contributed by atoms with Crippen molar-refractivity contribution in [1.82, 2.24) is 15.1 Å². The van der Waals surface area contributed by atoms with E-state index in [1.54, 1.807) is 31.3 Å². The third kappa shape index (κ3) is 4.41. The van der Waals surface area contributed by atoms with Crippen molar-refractivity contribution in [3.8, 4) is 0 Å². The standard InChI is InChI=1S/C13H22N4O3.ClH/c1-19-8-7-17-10-11(9-15-17)16-12(18)13(20-2)3-5-14-6-4-13;/h9-10,14H,3-8H2,1-2H3,(H,16,18);1H. The maximum Gasteiger partial charge on any atom is 0.256 e. The molecule has 1 saturated heterocycles. The third-order valence-corrected chi connectivity index (χ3v) is 3.63. The highest BCUT2D eigenvalue weighted by molar-refractivity contribution is 5.97. The van der Waals surface area contributed by atoms with Gasteiger partial charge in [-0.2, -0.15) is 5.10 Å². The van der Waals surface area contributed by atoms with Crippen molar-refractivity contribution < 1.29 is 14.3 Å². The van der Waals surface area contributed by atoms with E-state index >= 15 is 0 Å². The molecule has 2 heterocycles. The summed E-state index contributed by atoms with van der Waals surface area (Å²) in [4.78, 5) is 12.4. The number of nitrogens with zero attached hydrogens (tertiary/aromatic N) is 2. The lowest BCUT2D eigenvalue weighted by atomic mass is 9.91. The minimum atomic E-state index is -0.736. The van der Waals surface area contributed by atoms with Crippen LogP contribution >= 0.6 is 12.4 Å². The molecule has 1 fully saturated rings. The zero-order valence-corrected chi connectivity index (χ0v) is 13.2. The smallest absolute Gasteiger partial charge is 0.256 e. The third-order valence-electron chi connectivity index (χ3n) is 3.63. The summed E-state index contributed by atoms with van der Waals surface area (Å²) < 4.78 is 12.2. The summed E-state index contributed by atoms with van der Waals surface area (Å²) in [6.45, 7) is 2.82. The van der Waals surface area contributed by atoms with Crippen molar-refractivity contribution >= 4 is 24.0 Å². The van der Waals surface area contributed by atoms with E-state index in [9.17, 15) is 4.79 Å². The summed E-state index contributed by atoms with van der Waals surface area (Å²) in [6, 6.07) is 0. The van der Waals surface area contributed by atoms with Crippen molar-refractivity contribution in [2.45, 2.75) is 25.0 Å². The van der Waals surface area contributed by atoms with Gasteiger partial charge in [-0.25, -0.2) is 0 Å². The van der Waals surface area contributed by atoms with Gasteiger partial charge in [-0.3, -0.25) is 9.48 Å². The number of nitrogens with one attached hydrogen (secondary N) is 2. The molecule has 0 spiro atoms. The largest absolute Gasteiger partial charge is 0.383 e. The molecule has 0 saturated carbocycles. The van der Waals surface area contributed by atoms with Gasteiger partial charge in [0.15, 0.2) is 0 Å². The van der Waals surface area contributed by atoms with Crippen molar-refractivity contribution in [2.75, 3.05) is 39.2 Å². The first-order valence-corrected chi connectivity index (χ1v) is 6.79. The second kappa shape index (κ2) is 8.33. The van der Waals surface area contributed by atoms with Crippen LogP contribution in [0.3, 0.4) is 0 Å². The minimum Gasteiger partial charge on any atom is -0.383 e. The van der Waals surface area contributed by atoms with Crippen LogP contribution in [-0.4, -0.2) is 55.2 Å². The molecule has 0 bridgehead atoms. The van der Waals surface area contributed by atoms with Gasteiger partial charge in [0.25, 0.3) is 5.91 Å². The van der Waals surface area contributed by atoms with Gasteiger partial charge in [-0.05, 0) is 25.9 Å². The number of ether oxygens (including phenoxy) is 2. The monoisotopic (exact) mass is 318 g/mol. The van der Waals surface area contributed by atoms with Crippen LogP contribution in [0, 0.1) is 0 Å². The van der Waals surface area contributed by atoms with Crippen molar-refractivity contribution in [3.05, 3.63) is 12.4 Å². The van der Waals surface area contributed by atoms with Crippen LogP contribution in [0.5, 0.6) is 0 Å². The molecule has 8 heteroatoms. The maximum absolute atomic E-state index is 12.4. The van der Waals surface area contributed by atoms with Gasteiger partial charge in [0.1, 0.15) is 5.60 Å². The number of halogens is 1. The highest BCUT2D eigenvalue weighted by atomic mass is 35.5. The Labute approximate surface area is 130 Å². The number of methoxy groups -OCH3 is 2. The van der Waals surface area contributed by atoms with Crippen LogP contribution in [0.15, 0.2) is 12.4 Å². The van der Waals surface area contributed by atoms with Crippen molar-refractivity contribution in [3.63, 3.8) is 0 Å². The number of hydrogen-bond donors (Lipinski definition) is 2. The van der Waals surface area contributed by atoms with Crippen molar-refractivity contribution in [2.24, 2.45) is 0 Å². The molecule has 0 radical (unpaired) electrons. The molecule has 0 aliphatic carbocycles. The molecule has 0 aromatic carbocycles. The Morgan fingerprint density at radius 3 is 2.81 bits per heavy atom. The zero-order valence-electron chi connectivity index (χ0n) is 12.4. The fraction of sp³-hybridized carbons (Fsp3) is 0.692. The number of amides is 1. The van der Waals surface area contributed by atoms with Crippen LogP contribution in [-0.2, 0) is 20.8 Å². The number of piperidine rings is 1. The summed E-state index contributed by atoms with van der Waals surface area (Å²) in [7, 11) is 3.23. The fourth-order valence-electron chi connectivity index (χ4n) is 2.33. The average molecular weight is 319 g/mol. The Bertz CT molecular complexity index is 446. The zero-order chi connectivity index (χ0) is 14.4. The van der Waals surface area contributed by atoms with Crippen LogP contribution in [0.25, 0.3) is 0 Å². The first-order valence-electron chi connectivity index (χ1n) is 6.79. The molecule has 2 N–H and O–H groups in total. The Hall–Kier alpha value is -1.15. The maximum atomic E-state index is 12.4. The Morgan fingerprint density at radius 2 is 2.19 bits per heavy atom. The highest BCUT2D eigenvalue weighted by Crippen LogP contribution is 2.24. The quantitative estimate of drug-likeness (QED) is 0.805. The second-order valence-corrected chi connectivity index (χ2v) is 4.89. The van der Waals surface area contributed by atoms with E-state index in [4.69, 9.17) is 9.47 Å². The van der Waals surface area contributed by atoms with E-state index in [-0.39, 0.29) is 18.3 Å². The predicted molar refractivity (Wildman–Crippen MR) is 81.8 cm³/mol. The lowest BCUT2D eigenvalue weighted by Gasteiger charge is -2.34. The lowest BCUT2D eigenvalue weighted by molar-refractivity contribution is -0.140. The van der Waals surface area contributed by atoms with Gasteiger partial charge in [0, 0.05) is 20.4 Å². The fourth-order valence-corrected chi connectivity index (χ4v) is 2.33. The number of anilines is 1. The van der Waals surface area contributed by atoms with Gasteiger partial charge >= 0.3 is 0 Å². The van der Waals surface area contributed by atoms with Gasteiger partial charge in [-0.1, -0.05) is 0 Å². The molecule has 7 nitrogen and oxygen atoms in total. The molecule has 0 atom stereocenters. The first kappa shape index (κ1) is 17.9. The van der Waals surface area contributed by atoms with E-state index in [2.05, 4.69) is 15.7 Å². The minimum absolute atomic E-state index is 0. The number of hydrogen-bond acceptors (Lipinski definition) is 5. The van der Waals surface area contributed by atoms with Gasteiger partial charge in [0.05, 0.1) is 25.0 Å². The molecule has 1 aromatic rings. The Kier molecular flexibility index (Phi) is 7.10. The van der Waals surface area contributed by atoms with Crippen LogP contribution < -0.4 is 10.6 Å². The molecule has 21 heavy (non-hydrogen) atoms. The summed E-state index contributed by atoms with van der Waals surface area (Å²) in [5.74, 6) is -0.104. The predicted octanol–water partition coefficient (Wildman–Crippen LogP) is 0.658. The van der Waals surface area contributed by atoms with E-state index in [1.165, 1.54) is 0 Å². The number of aromatic nitrogens is 2. The van der Waals surface area contributed by atoms with Crippen LogP contribution in [0.1, 0.15) is 12.8 Å². The molecule has 2 rings (SSSR count). The lowest BCUT2D eigenvalue weighted by Crippen LogP contribution is -2.51. The first-order chi connectivity index (χ1) is 9.70. The van der Waals surface area contributed by atoms with Crippen LogP contribution in [0.2, 0.25) is 0 Å². The van der Waals surface area contributed by atoms with E-state index in [0.717, 1.165) is 13.1 Å². The molecule has 120 valence electrons. The SMILES string of the molecule is COCCn1cc(NC(=O)C2(OC)CCNCC2)cn1.Cl. The van der Waals surface area contributed by atoms with Gasteiger partial charge in [0.2, 0.25) is 0 Å². The molecular weight excluding hydrogens is 296 g/mol. The normalized spacial score (nSPS) is 17.0.